The molecule has 610 valence electrons. The molecule has 24 aromatic rings. The molecule has 1 atom stereocenters. The number of hydrogen-bond donors (Lipinski definition) is 0. The fourth-order valence-electron chi connectivity index (χ4n) is 20.6. The molecule has 1 aliphatic heterocycles. The number of benzene rings is 20. The standard InChI is InChI=1S/C68H42N4.C55H36N4/c1-3-17-43(18-4-1)48-22-15-23-50(41-48)67-70-65(46-20-5-2-6-21-46)69-66(71-67)47-35-33-45(34-36-47)63-51-24-8-7-19-44(51)37-39-52(63)49-38-40-54-53-25-9-11-28-57(53)68(60(54)42-49)58-29-12-14-32-62(58)72-61-31-13-10-26-55(61)56-27-16-30-59(68)64(56)72;1-3-14-37(15-4-1)43-19-13-20-44(36-43)55-57-53(41-17-5-2-6-18-41)56-54(58-55)42-28-26-40(27-29-42)52-46-21-8-7-16-38(46)32-35-47(52)39-30-33-45(34-31-39)59-50-24-11-9-22-48(50)49-23-10-12-25-51(49)59/h1-42H;1-36H. The molecule has 5 heterocycles. The van der Waals surface area contributed by atoms with E-state index in [1.807, 2.05) is 60.7 Å². The van der Waals surface area contributed by atoms with Gasteiger partial charge in [0, 0.05) is 60.6 Å². The van der Waals surface area contributed by atoms with Crippen molar-refractivity contribution in [2.24, 2.45) is 0 Å². The van der Waals surface area contributed by atoms with Gasteiger partial charge in [-0.3, -0.25) is 0 Å². The second kappa shape index (κ2) is 31.6. The van der Waals surface area contributed by atoms with E-state index >= 15 is 0 Å². The molecule has 4 aromatic heterocycles. The third-order valence-corrected chi connectivity index (χ3v) is 26.5. The Morgan fingerprint density at radius 1 is 0.168 bits per heavy atom. The van der Waals surface area contributed by atoms with Gasteiger partial charge in [-0.05, 0) is 176 Å². The minimum Gasteiger partial charge on any atom is -0.309 e. The predicted octanol–water partition coefficient (Wildman–Crippen LogP) is 30.9. The predicted molar refractivity (Wildman–Crippen MR) is 539 cm³/mol. The fraction of sp³-hybridized carbons (Fsp3) is 0.00813. The minimum atomic E-state index is -0.550. The highest BCUT2D eigenvalue weighted by molar-refractivity contribution is 6.14. The Bertz CT molecular complexity index is 8570. The smallest absolute Gasteiger partial charge is 0.164 e. The van der Waals surface area contributed by atoms with Crippen molar-refractivity contribution in [3.8, 4) is 158 Å². The van der Waals surface area contributed by atoms with E-state index < -0.39 is 5.41 Å². The molecule has 8 nitrogen and oxygen atoms in total. The van der Waals surface area contributed by atoms with Gasteiger partial charge in [-0.1, -0.05) is 419 Å². The zero-order valence-electron chi connectivity index (χ0n) is 71.1. The summed E-state index contributed by atoms with van der Waals surface area (Å²) in [5, 5.41) is 9.87. The number of fused-ring (bicyclic) bond motifs is 17. The van der Waals surface area contributed by atoms with Crippen molar-refractivity contribution in [1.29, 1.82) is 0 Å². The first kappa shape index (κ1) is 76.0. The first-order chi connectivity index (χ1) is 64.9. The summed E-state index contributed by atoms with van der Waals surface area (Å²) in [5.74, 6) is 3.79. The lowest BCUT2D eigenvalue weighted by molar-refractivity contribution is 0.749. The number of para-hydroxylation sites is 5. The van der Waals surface area contributed by atoms with Gasteiger partial charge in [0.2, 0.25) is 0 Å². The minimum absolute atomic E-state index is 0.550. The van der Waals surface area contributed by atoms with Gasteiger partial charge in [-0.15, -0.1) is 0 Å². The number of rotatable bonds is 13. The normalized spacial score (nSPS) is 12.9. The summed E-state index contributed by atoms with van der Waals surface area (Å²) < 4.78 is 4.88. The lowest BCUT2D eigenvalue weighted by atomic mass is 9.65. The van der Waals surface area contributed by atoms with Crippen LogP contribution in [0.15, 0.2) is 473 Å². The maximum Gasteiger partial charge on any atom is 0.164 e. The van der Waals surface area contributed by atoms with Crippen molar-refractivity contribution in [3.63, 3.8) is 0 Å². The molecule has 0 saturated heterocycles. The van der Waals surface area contributed by atoms with Crippen LogP contribution in [0.1, 0.15) is 22.3 Å². The Balaban J connectivity index is 0.000000144. The second-order valence-electron chi connectivity index (χ2n) is 33.9. The van der Waals surface area contributed by atoms with Gasteiger partial charge >= 0.3 is 0 Å². The van der Waals surface area contributed by atoms with Gasteiger partial charge in [0.05, 0.1) is 33.2 Å². The van der Waals surface area contributed by atoms with Gasteiger partial charge < -0.3 is 9.13 Å². The Labute approximate surface area is 757 Å². The number of nitrogens with zero attached hydrogens (tertiary/aromatic N) is 8. The van der Waals surface area contributed by atoms with Crippen LogP contribution in [0.4, 0.5) is 0 Å². The molecular formula is C123H78N8. The summed E-state index contributed by atoms with van der Waals surface area (Å²) in [5.41, 5.74) is 34.0. The van der Waals surface area contributed by atoms with Crippen molar-refractivity contribution >= 4 is 65.2 Å². The van der Waals surface area contributed by atoms with Crippen LogP contribution in [0, 0.1) is 0 Å². The summed E-state index contributed by atoms with van der Waals surface area (Å²) in [4.78, 5) is 30.5. The third-order valence-electron chi connectivity index (χ3n) is 26.5. The van der Waals surface area contributed by atoms with Crippen LogP contribution in [0.2, 0.25) is 0 Å². The molecule has 0 amide bonds. The molecular weight excluding hydrogens is 1590 g/mol. The maximum absolute atomic E-state index is 5.18. The number of hydrogen-bond acceptors (Lipinski definition) is 6. The topological polar surface area (TPSA) is 87.2 Å². The SMILES string of the molecule is c1ccc(-c2cccc(-c3nc(-c4ccccc4)nc(-c4ccc(-c5c(-c6ccc(-n7c8ccccc8c8ccccc87)cc6)ccc6ccccc56)cc4)n3)c2)cc1.c1ccc(-c2cccc(-c3nc(-c4ccccc4)nc(-c4ccc(-c5c(-c6ccc7c(c6)C6(c8ccccc8-7)c7ccccc7-n7c8ccccc8c8cccc6c87)ccc6ccccc56)cc4)n3)c2)cc1. The molecule has 1 unspecified atom stereocenters. The van der Waals surface area contributed by atoms with Crippen molar-refractivity contribution in [2.75, 3.05) is 0 Å². The zero-order valence-corrected chi connectivity index (χ0v) is 71.1. The Morgan fingerprint density at radius 2 is 0.496 bits per heavy atom. The van der Waals surface area contributed by atoms with Crippen LogP contribution in [-0.4, -0.2) is 39.0 Å². The Hall–Kier alpha value is -17.5. The van der Waals surface area contributed by atoms with E-state index in [-0.39, 0.29) is 0 Å². The van der Waals surface area contributed by atoms with E-state index in [2.05, 4.69) is 422 Å². The fourth-order valence-corrected chi connectivity index (χ4v) is 20.6. The van der Waals surface area contributed by atoms with E-state index in [0.29, 0.717) is 34.9 Å². The van der Waals surface area contributed by atoms with E-state index in [0.717, 1.165) is 78.0 Å². The van der Waals surface area contributed by atoms with E-state index in [1.165, 1.54) is 132 Å². The molecule has 26 rings (SSSR count). The highest BCUT2D eigenvalue weighted by atomic mass is 15.0. The summed E-state index contributed by atoms with van der Waals surface area (Å²) in [6.07, 6.45) is 0. The molecule has 131 heavy (non-hydrogen) atoms. The molecule has 2 aliphatic rings. The molecule has 0 N–H and O–H groups in total. The lowest BCUT2D eigenvalue weighted by Gasteiger charge is -2.39. The van der Waals surface area contributed by atoms with Crippen LogP contribution >= 0.6 is 0 Å². The number of aromatic nitrogens is 8. The average molecular weight is 1670 g/mol. The van der Waals surface area contributed by atoms with Crippen LogP contribution in [0.5, 0.6) is 0 Å². The second-order valence-corrected chi connectivity index (χ2v) is 33.9. The average Bonchev–Trinajstić information content (AvgIpc) is 1.50. The maximum atomic E-state index is 5.18. The first-order valence-electron chi connectivity index (χ1n) is 44.6. The van der Waals surface area contributed by atoms with Crippen LogP contribution in [-0.2, 0) is 5.41 Å². The summed E-state index contributed by atoms with van der Waals surface area (Å²) in [7, 11) is 0. The largest absolute Gasteiger partial charge is 0.309 e. The molecule has 8 heteroatoms. The molecule has 1 spiro atoms. The van der Waals surface area contributed by atoms with Crippen LogP contribution < -0.4 is 0 Å². The van der Waals surface area contributed by atoms with Gasteiger partial charge in [0.1, 0.15) is 0 Å². The summed E-state index contributed by atoms with van der Waals surface area (Å²) >= 11 is 0. The van der Waals surface area contributed by atoms with Gasteiger partial charge in [-0.2, -0.15) is 0 Å². The Morgan fingerprint density at radius 3 is 1.01 bits per heavy atom. The van der Waals surface area contributed by atoms with E-state index in [1.54, 1.807) is 0 Å². The van der Waals surface area contributed by atoms with Crippen molar-refractivity contribution in [2.45, 2.75) is 5.41 Å². The summed E-state index contributed by atoms with van der Waals surface area (Å²) in [6, 6.07) is 170. The highest BCUT2D eigenvalue weighted by Gasteiger charge is 2.51. The molecule has 0 saturated carbocycles. The van der Waals surface area contributed by atoms with Gasteiger partial charge in [-0.25, -0.2) is 29.9 Å². The van der Waals surface area contributed by atoms with Gasteiger partial charge in [0.25, 0.3) is 0 Å². The van der Waals surface area contributed by atoms with Crippen molar-refractivity contribution < 1.29 is 0 Å². The van der Waals surface area contributed by atoms with Gasteiger partial charge in [0.15, 0.2) is 34.9 Å². The van der Waals surface area contributed by atoms with Crippen LogP contribution in [0.25, 0.3) is 223 Å². The summed E-state index contributed by atoms with van der Waals surface area (Å²) in [6.45, 7) is 0. The molecule has 0 bridgehead atoms. The van der Waals surface area contributed by atoms with Crippen LogP contribution in [0.3, 0.4) is 0 Å². The lowest BCUT2D eigenvalue weighted by Crippen LogP contribution is -2.33. The van der Waals surface area contributed by atoms with E-state index in [4.69, 9.17) is 29.9 Å². The first-order valence-corrected chi connectivity index (χ1v) is 44.6. The molecule has 20 aromatic carbocycles. The molecule has 1 aliphatic carbocycles. The monoisotopic (exact) mass is 1670 g/mol. The molecule has 0 radical (unpaired) electrons. The molecule has 0 fully saturated rings. The highest BCUT2D eigenvalue weighted by Crippen LogP contribution is 2.62. The zero-order chi connectivity index (χ0) is 86.5. The quantitative estimate of drug-likeness (QED) is 0.114. The van der Waals surface area contributed by atoms with E-state index in [9.17, 15) is 0 Å². The van der Waals surface area contributed by atoms with Crippen molar-refractivity contribution in [1.82, 2.24) is 39.0 Å². The third kappa shape index (κ3) is 12.9. The Kier molecular flexibility index (Phi) is 18.3. The van der Waals surface area contributed by atoms with Crippen molar-refractivity contribution in [3.05, 3.63) is 495 Å².